The molecule has 14 heavy (non-hydrogen) atoms. The maximum Gasteiger partial charge on any atom is 0.264 e. The molecule has 5 heteroatoms. The summed E-state index contributed by atoms with van der Waals surface area (Å²) in [7, 11) is 0. The van der Waals surface area contributed by atoms with Crippen LogP contribution in [0.4, 0.5) is 0 Å². The van der Waals surface area contributed by atoms with Crippen molar-refractivity contribution in [2.45, 2.75) is 25.5 Å². The van der Waals surface area contributed by atoms with E-state index in [1.54, 1.807) is 11.8 Å². The fraction of sp³-hybridized carbons (Fsp3) is 0.556. The SMILES string of the molecule is CSCc1nc(C(C)C)c(I)c(=O)[nH]1. The van der Waals surface area contributed by atoms with E-state index in [4.69, 9.17) is 0 Å². The molecule has 0 spiro atoms. The number of aromatic nitrogens is 2. The Labute approximate surface area is 101 Å². The van der Waals surface area contributed by atoms with E-state index in [1.807, 2.05) is 20.1 Å². The zero-order chi connectivity index (χ0) is 10.7. The van der Waals surface area contributed by atoms with Gasteiger partial charge in [-0.2, -0.15) is 11.8 Å². The smallest absolute Gasteiger partial charge is 0.264 e. The number of halogens is 1. The number of hydrogen-bond donors (Lipinski definition) is 1. The second-order valence-electron chi connectivity index (χ2n) is 3.30. The Morgan fingerprint density at radius 1 is 1.57 bits per heavy atom. The van der Waals surface area contributed by atoms with Gasteiger partial charge in [-0.05, 0) is 34.8 Å². The van der Waals surface area contributed by atoms with Crippen LogP contribution in [0.15, 0.2) is 4.79 Å². The van der Waals surface area contributed by atoms with Crippen molar-refractivity contribution < 1.29 is 0 Å². The average Bonchev–Trinajstić information content (AvgIpc) is 2.11. The van der Waals surface area contributed by atoms with Crippen LogP contribution in [0, 0.1) is 3.57 Å². The van der Waals surface area contributed by atoms with Gasteiger partial charge in [0.1, 0.15) is 5.82 Å². The topological polar surface area (TPSA) is 45.8 Å². The van der Waals surface area contributed by atoms with Crippen LogP contribution < -0.4 is 5.56 Å². The van der Waals surface area contributed by atoms with Gasteiger partial charge in [-0.1, -0.05) is 13.8 Å². The molecule has 0 unspecified atom stereocenters. The van der Waals surface area contributed by atoms with E-state index < -0.39 is 0 Å². The van der Waals surface area contributed by atoms with E-state index in [9.17, 15) is 4.79 Å². The van der Waals surface area contributed by atoms with Crippen molar-refractivity contribution in [2.75, 3.05) is 6.26 Å². The van der Waals surface area contributed by atoms with E-state index >= 15 is 0 Å². The molecule has 0 bridgehead atoms. The molecule has 0 radical (unpaired) electrons. The van der Waals surface area contributed by atoms with Gasteiger partial charge in [0, 0.05) is 0 Å². The van der Waals surface area contributed by atoms with Gasteiger partial charge in [0.25, 0.3) is 5.56 Å². The third-order valence-electron chi connectivity index (χ3n) is 1.77. The van der Waals surface area contributed by atoms with Crippen LogP contribution in [-0.2, 0) is 5.75 Å². The predicted octanol–water partition coefficient (Wildman–Crippen LogP) is 2.36. The molecule has 1 rings (SSSR count). The molecule has 1 aromatic rings. The molecule has 0 aromatic carbocycles. The molecule has 3 nitrogen and oxygen atoms in total. The first kappa shape index (κ1) is 12.0. The minimum atomic E-state index is -0.0200. The minimum Gasteiger partial charge on any atom is -0.309 e. The summed E-state index contributed by atoms with van der Waals surface area (Å²) >= 11 is 3.71. The van der Waals surface area contributed by atoms with Crippen molar-refractivity contribution in [3.05, 3.63) is 25.4 Å². The van der Waals surface area contributed by atoms with Gasteiger partial charge in [-0.25, -0.2) is 4.98 Å². The van der Waals surface area contributed by atoms with Crippen molar-refractivity contribution in [2.24, 2.45) is 0 Å². The van der Waals surface area contributed by atoms with Crippen LogP contribution in [0.25, 0.3) is 0 Å². The lowest BCUT2D eigenvalue weighted by molar-refractivity contribution is 0.783. The molecule has 1 aromatic heterocycles. The average molecular weight is 324 g/mol. The molecule has 1 heterocycles. The quantitative estimate of drug-likeness (QED) is 0.868. The first-order chi connectivity index (χ1) is 6.56. The second kappa shape index (κ2) is 5.16. The van der Waals surface area contributed by atoms with Gasteiger partial charge in [0.05, 0.1) is 15.0 Å². The lowest BCUT2D eigenvalue weighted by Gasteiger charge is -2.08. The van der Waals surface area contributed by atoms with E-state index in [2.05, 4.69) is 32.6 Å². The summed E-state index contributed by atoms with van der Waals surface area (Å²) in [6, 6.07) is 0. The molecule has 0 aliphatic carbocycles. The molecule has 0 saturated carbocycles. The lowest BCUT2D eigenvalue weighted by Crippen LogP contribution is -2.18. The molecule has 0 amide bonds. The lowest BCUT2D eigenvalue weighted by atomic mass is 10.1. The van der Waals surface area contributed by atoms with E-state index in [-0.39, 0.29) is 5.56 Å². The highest BCUT2D eigenvalue weighted by Crippen LogP contribution is 2.16. The minimum absolute atomic E-state index is 0.0200. The predicted molar refractivity (Wildman–Crippen MR) is 68.9 cm³/mol. The van der Waals surface area contributed by atoms with Crippen molar-refractivity contribution in [3.8, 4) is 0 Å². The van der Waals surface area contributed by atoms with E-state index in [0.29, 0.717) is 9.49 Å². The van der Waals surface area contributed by atoms with Crippen LogP contribution in [0.3, 0.4) is 0 Å². The summed E-state index contributed by atoms with van der Waals surface area (Å²) in [4.78, 5) is 18.7. The van der Waals surface area contributed by atoms with Gasteiger partial charge in [-0.15, -0.1) is 0 Å². The van der Waals surface area contributed by atoms with Crippen LogP contribution in [0.2, 0.25) is 0 Å². The highest BCUT2D eigenvalue weighted by atomic mass is 127. The number of aromatic amines is 1. The maximum atomic E-state index is 11.5. The van der Waals surface area contributed by atoms with E-state index in [1.165, 1.54) is 0 Å². The zero-order valence-electron chi connectivity index (χ0n) is 8.43. The summed E-state index contributed by atoms with van der Waals surface area (Å²) in [6.45, 7) is 4.10. The second-order valence-corrected chi connectivity index (χ2v) is 5.24. The number of hydrogen-bond acceptors (Lipinski definition) is 3. The summed E-state index contributed by atoms with van der Waals surface area (Å²) < 4.78 is 0.711. The summed E-state index contributed by atoms with van der Waals surface area (Å²) in [6.07, 6.45) is 1.99. The van der Waals surface area contributed by atoms with Gasteiger partial charge >= 0.3 is 0 Å². The van der Waals surface area contributed by atoms with E-state index in [0.717, 1.165) is 17.3 Å². The molecular formula is C9H13IN2OS. The monoisotopic (exact) mass is 324 g/mol. The Kier molecular flexibility index (Phi) is 4.43. The number of thioether (sulfide) groups is 1. The fourth-order valence-electron chi connectivity index (χ4n) is 1.11. The first-order valence-corrected chi connectivity index (χ1v) is 6.81. The normalized spacial score (nSPS) is 10.9. The highest BCUT2D eigenvalue weighted by molar-refractivity contribution is 14.1. The van der Waals surface area contributed by atoms with Gasteiger partial charge in [0.15, 0.2) is 0 Å². The number of nitrogens with zero attached hydrogens (tertiary/aromatic N) is 1. The fourth-order valence-corrected chi connectivity index (χ4v) is 2.40. The van der Waals surface area contributed by atoms with Gasteiger partial charge < -0.3 is 4.98 Å². The number of H-pyrrole nitrogens is 1. The summed E-state index contributed by atoms with van der Waals surface area (Å²) in [5, 5.41) is 0. The van der Waals surface area contributed by atoms with Crippen LogP contribution >= 0.6 is 34.4 Å². The van der Waals surface area contributed by atoms with Crippen molar-refractivity contribution >= 4 is 34.4 Å². The highest BCUT2D eigenvalue weighted by Gasteiger charge is 2.11. The Balaban J connectivity index is 3.21. The Morgan fingerprint density at radius 2 is 2.21 bits per heavy atom. The van der Waals surface area contributed by atoms with Crippen LogP contribution in [0.5, 0.6) is 0 Å². The molecule has 0 aliphatic rings. The van der Waals surface area contributed by atoms with Crippen LogP contribution in [-0.4, -0.2) is 16.2 Å². The van der Waals surface area contributed by atoms with Crippen molar-refractivity contribution in [3.63, 3.8) is 0 Å². The first-order valence-electron chi connectivity index (χ1n) is 4.33. The summed E-state index contributed by atoms with van der Waals surface area (Å²) in [5.74, 6) is 1.82. The van der Waals surface area contributed by atoms with Gasteiger partial charge in [0.2, 0.25) is 0 Å². The Hall–Kier alpha value is -0.0400. The standard InChI is InChI=1S/C9H13IN2OS/c1-5(2)8-7(10)9(13)12-6(11-8)4-14-3/h5H,4H2,1-3H3,(H,11,12,13). The zero-order valence-corrected chi connectivity index (χ0v) is 11.4. The molecule has 1 N–H and O–H groups in total. The van der Waals surface area contributed by atoms with Crippen LogP contribution in [0.1, 0.15) is 31.3 Å². The number of rotatable bonds is 3. The van der Waals surface area contributed by atoms with Crippen molar-refractivity contribution in [1.29, 1.82) is 0 Å². The number of nitrogens with one attached hydrogen (secondary N) is 1. The molecule has 0 saturated heterocycles. The van der Waals surface area contributed by atoms with Gasteiger partial charge in [-0.3, -0.25) is 4.79 Å². The third kappa shape index (κ3) is 2.73. The summed E-state index contributed by atoms with van der Waals surface area (Å²) in [5.41, 5.74) is 0.881. The molecule has 0 atom stereocenters. The van der Waals surface area contributed by atoms with Crippen molar-refractivity contribution in [1.82, 2.24) is 9.97 Å². The largest absolute Gasteiger partial charge is 0.309 e. The Bertz CT molecular complexity index is 376. The maximum absolute atomic E-state index is 11.5. The molecule has 0 aliphatic heterocycles. The Morgan fingerprint density at radius 3 is 2.71 bits per heavy atom. The molecule has 0 fully saturated rings. The third-order valence-corrected chi connectivity index (χ3v) is 3.37. The molecule has 78 valence electrons. The molecular weight excluding hydrogens is 311 g/mol.